The Bertz CT molecular complexity index is 858. The Morgan fingerprint density at radius 3 is 2.28 bits per heavy atom. The van der Waals surface area contributed by atoms with Crippen LogP contribution < -0.4 is 11.1 Å². The molecule has 0 radical (unpaired) electrons. The summed E-state index contributed by atoms with van der Waals surface area (Å²) in [5.74, 6) is -1.47. The number of aliphatic carboxylic acids is 1. The first kappa shape index (κ1) is 28.7. The molecule has 204 valence electrons. The molecule has 2 saturated heterocycles. The van der Waals surface area contributed by atoms with E-state index in [1.807, 2.05) is 27.7 Å². The predicted molar refractivity (Wildman–Crippen MR) is 135 cm³/mol. The number of carboxylic acid groups (broad SMARTS) is 1. The molecule has 36 heavy (non-hydrogen) atoms. The Labute approximate surface area is 215 Å². The van der Waals surface area contributed by atoms with E-state index < -0.39 is 40.4 Å². The number of nitrogens with zero attached hydrogens (tertiary/aromatic N) is 1. The lowest BCUT2D eigenvalue weighted by Crippen LogP contribution is -2.54. The lowest BCUT2D eigenvalue weighted by atomic mass is 9.75. The van der Waals surface area contributed by atoms with Crippen molar-refractivity contribution in [3.05, 3.63) is 0 Å². The molecule has 0 aromatic rings. The third-order valence-corrected chi connectivity index (χ3v) is 8.34. The maximum Gasteiger partial charge on any atom is 0.457 e. The first-order chi connectivity index (χ1) is 16.4. The minimum Gasteiger partial charge on any atom is -0.480 e. The van der Waals surface area contributed by atoms with Crippen LogP contribution in [0.1, 0.15) is 74.7 Å². The lowest BCUT2D eigenvalue weighted by Gasteiger charge is -2.32. The number of likely N-dealkylation sites (tertiary alicyclic amines) is 1. The quantitative estimate of drug-likeness (QED) is 0.445. The number of carbonyl (C=O) groups excluding carboxylic acids is 2. The molecular formula is C25H44BN3O7. The molecule has 0 aromatic heterocycles. The Kier molecular flexibility index (Phi) is 7.82. The summed E-state index contributed by atoms with van der Waals surface area (Å²) in [7, 11) is -0.342. The Morgan fingerprint density at radius 2 is 1.75 bits per heavy atom. The second kappa shape index (κ2) is 9.80. The van der Waals surface area contributed by atoms with E-state index in [0.29, 0.717) is 38.7 Å². The van der Waals surface area contributed by atoms with Gasteiger partial charge >= 0.3 is 19.2 Å². The van der Waals surface area contributed by atoms with Gasteiger partial charge in [0.25, 0.3) is 0 Å². The third-order valence-electron chi connectivity index (χ3n) is 8.34. The number of ether oxygens (including phenoxy) is 1. The molecule has 2 heterocycles. The fraction of sp³-hybridized carbons (Fsp3) is 0.880. The highest BCUT2D eigenvalue weighted by molar-refractivity contribution is 6.45. The van der Waals surface area contributed by atoms with Crippen LogP contribution in [0.25, 0.3) is 0 Å². The fourth-order valence-electron chi connectivity index (χ4n) is 5.84. The summed E-state index contributed by atoms with van der Waals surface area (Å²) in [5, 5.41) is 12.6. The van der Waals surface area contributed by atoms with Gasteiger partial charge in [-0.25, -0.2) is 4.79 Å². The van der Waals surface area contributed by atoms with Crippen LogP contribution >= 0.6 is 0 Å². The molecule has 1 unspecified atom stereocenters. The summed E-state index contributed by atoms with van der Waals surface area (Å²) in [6.07, 6.45) is 1.65. The average molecular weight is 509 g/mol. The molecule has 3 aliphatic rings. The first-order valence-electron chi connectivity index (χ1n) is 13.0. The zero-order chi connectivity index (χ0) is 27.3. The molecule has 3 rings (SSSR count). The predicted octanol–water partition coefficient (Wildman–Crippen LogP) is 2.65. The van der Waals surface area contributed by atoms with Crippen molar-refractivity contribution in [2.75, 3.05) is 13.1 Å². The number of carbonyl (C=O) groups is 3. The van der Waals surface area contributed by atoms with Gasteiger partial charge in [0, 0.05) is 13.1 Å². The second-order valence-corrected chi connectivity index (χ2v) is 12.8. The molecule has 10 nitrogen and oxygen atoms in total. The van der Waals surface area contributed by atoms with Gasteiger partial charge in [-0.05, 0) is 92.3 Å². The molecule has 11 heteroatoms. The smallest absolute Gasteiger partial charge is 0.457 e. The summed E-state index contributed by atoms with van der Waals surface area (Å²) in [5.41, 5.74) is 3.68. The van der Waals surface area contributed by atoms with Gasteiger partial charge in [-0.15, -0.1) is 0 Å². The molecule has 0 spiro atoms. The van der Waals surface area contributed by atoms with Gasteiger partial charge in [0.05, 0.1) is 11.2 Å². The molecule has 2 amide bonds. The van der Waals surface area contributed by atoms with E-state index in [0.717, 1.165) is 0 Å². The van der Waals surface area contributed by atoms with E-state index in [-0.39, 0.29) is 30.8 Å². The van der Waals surface area contributed by atoms with Crippen LogP contribution in [-0.2, 0) is 23.6 Å². The minimum absolute atomic E-state index is 0.00521. The summed E-state index contributed by atoms with van der Waals surface area (Å²) in [6.45, 7) is 15.8. The van der Waals surface area contributed by atoms with Gasteiger partial charge in [-0.1, -0.05) is 6.42 Å². The van der Waals surface area contributed by atoms with E-state index in [4.69, 9.17) is 19.8 Å². The maximum atomic E-state index is 13.1. The van der Waals surface area contributed by atoms with Crippen LogP contribution in [0, 0.1) is 17.8 Å². The number of nitrogens with one attached hydrogen (secondary N) is 1. The van der Waals surface area contributed by atoms with Crippen molar-refractivity contribution < 1.29 is 33.5 Å². The van der Waals surface area contributed by atoms with Crippen molar-refractivity contribution in [2.24, 2.45) is 23.5 Å². The third kappa shape index (κ3) is 5.83. The van der Waals surface area contributed by atoms with E-state index in [2.05, 4.69) is 5.32 Å². The van der Waals surface area contributed by atoms with Crippen LogP contribution in [0.3, 0.4) is 0 Å². The van der Waals surface area contributed by atoms with Crippen molar-refractivity contribution >= 4 is 25.1 Å². The summed E-state index contributed by atoms with van der Waals surface area (Å²) >= 11 is 0. The van der Waals surface area contributed by atoms with Gasteiger partial charge in [0.1, 0.15) is 17.2 Å². The molecule has 1 saturated carbocycles. The summed E-state index contributed by atoms with van der Waals surface area (Å²) in [6, 6.07) is -0.748. The number of amides is 2. The fourth-order valence-corrected chi connectivity index (χ4v) is 5.84. The largest absolute Gasteiger partial charge is 0.480 e. The summed E-state index contributed by atoms with van der Waals surface area (Å²) < 4.78 is 17.4. The molecule has 0 bridgehead atoms. The highest BCUT2D eigenvalue weighted by Crippen LogP contribution is 2.50. The Morgan fingerprint density at radius 1 is 1.17 bits per heavy atom. The highest BCUT2D eigenvalue weighted by Gasteiger charge is 2.59. The molecule has 1 aliphatic carbocycles. The maximum absolute atomic E-state index is 13.1. The normalized spacial score (nSPS) is 31.8. The number of hydrogen-bond acceptors (Lipinski definition) is 7. The van der Waals surface area contributed by atoms with Crippen molar-refractivity contribution in [3.8, 4) is 0 Å². The number of nitrogens with two attached hydrogens (primary N) is 1. The van der Waals surface area contributed by atoms with Gasteiger partial charge in [-0.3, -0.25) is 9.59 Å². The SMILES string of the molecule is CC(NC(=O)OC(C)(C)C)C(=O)N1C[C@@H]2C[C@@](N)(C(=O)O)[C@@H](CCCB3OC(C)(C)C(C)(C)O3)[C@@H]2C1. The zero-order valence-electron chi connectivity index (χ0n) is 23.1. The Balaban J connectivity index is 1.60. The zero-order valence-corrected chi connectivity index (χ0v) is 23.1. The van der Waals surface area contributed by atoms with Crippen molar-refractivity contribution in [3.63, 3.8) is 0 Å². The van der Waals surface area contributed by atoms with Gasteiger partial charge in [0.15, 0.2) is 0 Å². The van der Waals surface area contributed by atoms with Crippen molar-refractivity contribution in [1.82, 2.24) is 10.2 Å². The van der Waals surface area contributed by atoms with Crippen LogP contribution in [0.15, 0.2) is 0 Å². The standard InChI is InChI=1S/C25H44BN3O7/c1-15(28-21(33)34-22(2,3)4)19(30)29-13-16-12-25(27,20(31)32)18(17(16)14-29)10-9-11-26-35-23(5,6)24(7,8)36-26/h15-18H,9-14,27H2,1-8H3,(H,28,33)(H,31,32)/t15?,16-,17+,18-,25-/m0/s1. The summed E-state index contributed by atoms with van der Waals surface area (Å²) in [4.78, 5) is 39.1. The molecule has 5 atom stereocenters. The van der Waals surface area contributed by atoms with E-state index >= 15 is 0 Å². The molecule has 3 fully saturated rings. The van der Waals surface area contributed by atoms with Gasteiger partial charge < -0.3 is 35.1 Å². The van der Waals surface area contributed by atoms with E-state index in [1.54, 1.807) is 32.6 Å². The number of fused-ring (bicyclic) bond motifs is 1. The molecular weight excluding hydrogens is 465 g/mol. The van der Waals surface area contributed by atoms with Crippen LogP contribution in [-0.4, -0.2) is 76.6 Å². The molecule has 0 aromatic carbocycles. The Hall–Kier alpha value is -1.85. The molecule has 4 N–H and O–H groups in total. The van der Waals surface area contributed by atoms with E-state index in [1.165, 1.54) is 0 Å². The van der Waals surface area contributed by atoms with Crippen LogP contribution in [0.5, 0.6) is 0 Å². The second-order valence-electron chi connectivity index (χ2n) is 12.8. The number of carboxylic acids is 1. The van der Waals surface area contributed by atoms with Crippen LogP contribution in [0.2, 0.25) is 6.32 Å². The van der Waals surface area contributed by atoms with Crippen LogP contribution in [0.4, 0.5) is 4.79 Å². The van der Waals surface area contributed by atoms with Gasteiger partial charge in [-0.2, -0.15) is 0 Å². The van der Waals surface area contributed by atoms with Gasteiger partial charge in [0.2, 0.25) is 5.91 Å². The number of hydrogen-bond donors (Lipinski definition) is 3. The lowest BCUT2D eigenvalue weighted by molar-refractivity contribution is -0.145. The highest BCUT2D eigenvalue weighted by atomic mass is 16.7. The minimum atomic E-state index is -1.32. The average Bonchev–Trinajstić information content (AvgIpc) is 3.28. The first-order valence-corrected chi connectivity index (χ1v) is 13.0. The topological polar surface area (TPSA) is 140 Å². The number of rotatable bonds is 7. The molecule has 2 aliphatic heterocycles. The monoisotopic (exact) mass is 509 g/mol. The van der Waals surface area contributed by atoms with Crippen molar-refractivity contribution in [1.29, 1.82) is 0 Å². The van der Waals surface area contributed by atoms with E-state index in [9.17, 15) is 19.5 Å². The van der Waals surface area contributed by atoms with Crippen molar-refractivity contribution in [2.45, 2.75) is 109 Å². The number of alkyl carbamates (subject to hydrolysis) is 1.